The van der Waals surface area contributed by atoms with Crippen molar-refractivity contribution >= 4 is 6.21 Å². The zero-order valence-electron chi connectivity index (χ0n) is 7.89. The lowest BCUT2D eigenvalue weighted by atomic mass is 10.2. The molecule has 0 aliphatic heterocycles. The summed E-state index contributed by atoms with van der Waals surface area (Å²) in [6, 6.07) is 0. The van der Waals surface area contributed by atoms with Crippen molar-refractivity contribution in [3.63, 3.8) is 0 Å². The Balaban J connectivity index is 3.96. The van der Waals surface area contributed by atoms with E-state index in [2.05, 4.69) is 18.8 Å². The quantitative estimate of drug-likeness (QED) is 0.548. The summed E-state index contributed by atoms with van der Waals surface area (Å²) in [4.78, 5) is 4.19. The van der Waals surface area contributed by atoms with Gasteiger partial charge in [0.1, 0.15) is 0 Å². The molecule has 0 saturated heterocycles. The lowest BCUT2D eigenvalue weighted by molar-refractivity contribution is 1.10. The van der Waals surface area contributed by atoms with Gasteiger partial charge < -0.3 is 0 Å². The van der Waals surface area contributed by atoms with Gasteiger partial charge in [-0.2, -0.15) is 0 Å². The van der Waals surface area contributed by atoms with Gasteiger partial charge in [0.15, 0.2) is 0 Å². The smallest absolute Gasteiger partial charge is 0.0330 e. The first-order valence-corrected chi connectivity index (χ1v) is 4.03. The van der Waals surface area contributed by atoms with Gasteiger partial charge in [-0.25, -0.2) is 0 Å². The normalized spacial score (nSPS) is 14.5. The maximum atomic E-state index is 4.19. The van der Waals surface area contributed by atoms with E-state index in [1.54, 1.807) is 0 Å². The zero-order valence-corrected chi connectivity index (χ0v) is 7.89. The predicted octanol–water partition coefficient (Wildman–Crippen LogP) is 3.34. The Bertz CT molecular complexity index is 185. The minimum absolute atomic E-state index is 1.06. The van der Waals surface area contributed by atoms with Crippen molar-refractivity contribution < 1.29 is 0 Å². The summed E-state index contributed by atoms with van der Waals surface area (Å²) < 4.78 is 0. The van der Waals surface area contributed by atoms with E-state index in [4.69, 9.17) is 0 Å². The highest BCUT2D eigenvalue weighted by Gasteiger charge is 1.79. The summed E-state index contributed by atoms with van der Waals surface area (Å²) in [5, 5.41) is 0. The van der Waals surface area contributed by atoms with E-state index in [9.17, 15) is 0 Å². The van der Waals surface area contributed by atoms with Crippen LogP contribution in [-0.4, -0.2) is 6.21 Å². The van der Waals surface area contributed by atoms with Crippen LogP contribution >= 0.6 is 0 Å². The second-order valence-corrected chi connectivity index (χ2v) is 2.57. The summed E-state index contributed by atoms with van der Waals surface area (Å²) >= 11 is 0. The topological polar surface area (TPSA) is 12.4 Å². The Morgan fingerprint density at radius 1 is 1.36 bits per heavy atom. The van der Waals surface area contributed by atoms with Crippen LogP contribution in [0, 0.1) is 0 Å². The minimum Gasteiger partial charge on any atom is -0.262 e. The molecule has 1 nitrogen and oxygen atoms in total. The molecule has 0 aromatic heterocycles. The summed E-state index contributed by atoms with van der Waals surface area (Å²) in [7, 11) is 0. The molecule has 62 valence electrons. The average molecular weight is 151 g/mol. The summed E-state index contributed by atoms with van der Waals surface area (Å²) in [5.74, 6) is 0. The number of allylic oxidation sites excluding steroid dienone is 4. The number of hydrogen-bond acceptors (Lipinski definition) is 1. The van der Waals surface area contributed by atoms with Crippen LogP contribution in [0.2, 0.25) is 0 Å². The van der Waals surface area contributed by atoms with Crippen LogP contribution in [-0.2, 0) is 0 Å². The van der Waals surface area contributed by atoms with Crippen molar-refractivity contribution in [2.24, 2.45) is 4.99 Å². The maximum absolute atomic E-state index is 4.19. The van der Waals surface area contributed by atoms with Gasteiger partial charge >= 0.3 is 0 Å². The first-order valence-electron chi connectivity index (χ1n) is 4.03. The van der Waals surface area contributed by atoms with Crippen LogP contribution in [0.25, 0.3) is 0 Å². The van der Waals surface area contributed by atoms with Gasteiger partial charge in [0.2, 0.25) is 0 Å². The fourth-order valence-corrected chi connectivity index (χ4v) is 0.474. The third kappa shape index (κ3) is 5.59. The molecule has 0 fully saturated rings. The molecule has 0 atom stereocenters. The van der Waals surface area contributed by atoms with Crippen molar-refractivity contribution in [3.05, 3.63) is 23.4 Å². The molecule has 0 N–H and O–H groups in total. The van der Waals surface area contributed by atoms with Gasteiger partial charge in [-0.1, -0.05) is 18.6 Å². The molecular formula is C10H17N. The molecule has 11 heavy (non-hydrogen) atoms. The van der Waals surface area contributed by atoms with E-state index in [-0.39, 0.29) is 0 Å². The van der Waals surface area contributed by atoms with Gasteiger partial charge in [0.05, 0.1) is 0 Å². The van der Waals surface area contributed by atoms with E-state index < -0.39 is 0 Å². The molecule has 0 aliphatic rings. The predicted molar refractivity (Wildman–Crippen MR) is 52.0 cm³/mol. The highest BCUT2D eigenvalue weighted by Crippen LogP contribution is 1.96. The molecule has 0 spiro atoms. The number of hydrogen-bond donors (Lipinski definition) is 0. The van der Waals surface area contributed by atoms with Crippen LogP contribution in [0.4, 0.5) is 0 Å². The highest BCUT2D eigenvalue weighted by molar-refractivity contribution is 5.72. The van der Waals surface area contributed by atoms with Gasteiger partial charge in [-0.15, -0.1) is 0 Å². The van der Waals surface area contributed by atoms with Crippen LogP contribution < -0.4 is 0 Å². The third-order valence-corrected chi connectivity index (χ3v) is 1.61. The summed E-state index contributed by atoms with van der Waals surface area (Å²) in [6.45, 7) is 8.23. The molecule has 0 amide bonds. The van der Waals surface area contributed by atoms with Gasteiger partial charge in [-0.3, -0.25) is 4.99 Å². The SMILES string of the molecule is C\C=C(C)/N=C\C=C(\C)CC. The molecule has 0 unspecified atom stereocenters. The standard InChI is InChI=1S/C10H17N/c1-5-9(3)7-8-11-10(4)6-2/h6-8H,5H2,1-4H3/b9-7-,10-6-,11-8-. The van der Waals surface area contributed by atoms with Crippen LogP contribution in [0.1, 0.15) is 34.1 Å². The molecule has 1 heteroatoms. The molecule has 0 aromatic carbocycles. The Hall–Kier alpha value is -0.850. The summed E-state index contributed by atoms with van der Waals surface area (Å²) in [5.41, 5.74) is 2.42. The van der Waals surface area contributed by atoms with Crippen molar-refractivity contribution in [1.29, 1.82) is 0 Å². The number of rotatable bonds is 3. The largest absolute Gasteiger partial charge is 0.262 e. The van der Waals surface area contributed by atoms with Crippen molar-refractivity contribution in [1.82, 2.24) is 0 Å². The van der Waals surface area contributed by atoms with Gasteiger partial charge in [0.25, 0.3) is 0 Å². The molecule has 0 heterocycles. The van der Waals surface area contributed by atoms with Crippen LogP contribution in [0.5, 0.6) is 0 Å². The first kappa shape index (κ1) is 10.2. The van der Waals surface area contributed by atoms with E-state index in [0.717, 1.165) is 12.1 Å². The van der Waals surface area contributed by atoms with Crippen molar-refractivity contribution in [3.8, 4) is 0 Å². The van der Waals surface area contributed by atoms with Gasteiger partial charge in [0, 0.05) is 11.9 Å². The molecule has 0 aromatic rings. The maximum Gasteiger partial charge on any atom is 0.0330 e. The van der Waals surface area contributed by atoms with E-state index in [0.29, 0.717) is 0 Å². The molecule has 0 bridgehead atoms. The zero-order chi connectivity index (χ0) is 8.69. The Labute approximate surface area is 69.5 Å². The number of aliphatic imine (C=N–C) groups is 1. The van der Waals surface area contributed by atoms with E-state index in [1.807, 2.05) is 32.2 Å². The lowest BCUT2D eigenvalue weighted by Gasteiger charge is -1.89. The third-order valence-electron chi connectivity index (χ3n) is 1.61. The Morgan fingerprint density at radius 3 is 2.45 bits per heavy atom. The minimum atomic E-state index is 1.06. The molecule has 0 saturated carbocycles. The molecule has 0 rings (SSSR count). The fraction of sp³-hybridized carbons (Fsp3) is 0.500. The molecular weight excluding hydrogens is 134 g/mol. The van der Waals surface area contributed by atoms with Crippen LogP contribution in [0.15, 0.2) is 28.4 Å². The Morgan fingerprint density at radius 2 is 2.00 bits per heavy atom. The van der Waals surface area contributed by atoms with E-state index in [1.165, 1.54) is 5.57 Å². The number of nitrogens with zero attached hydrogens (tertiary/aromatic N) is 1. The van der Waals surface area contributed by atoms with Gasteiger partial charge in [-0.05, 0) is 33.3 Å². The van der Waals surface area contributed by atoms with E-state index >= 15 is 0 Å². The van der Waals surface area contributed by atoms with Crippen LogP contribution in [0.3, 0.4) is 0 Å². The average Bonchev–Trinajstić information content (AvgIpc) is 2.04. The van der Waals surface area contributed by atoms with Crippen molar-refractivity contribution in [2.45, 2.75) is 34.1 Å². The second kappa shape index (κ2) is 5.90. The molecule has 0 aliphatic carbocycles. The fourth-order valence-electron chi connectivity index (χ4n) is 0.474. The van der Waals surface area contributed by atoms with Crippen molar-refractivity contribution in [2.75, 3.05) is 0 Å². The first-order chi connectivity index (χ1) is 5.20. The monoisotopic (exact) mass is 151 g/mol. The highest BCUT2D eigenvalue weighted by atomic mass is 14.7. The lowest BCUT2D eigenvalue weighted by Crippen LogP contribution is -1.74. The second-order valence-electron chi connectivity index (χ2n) is 2.57. The summed E-state index contributed by atoms with van der Waals surface area (Å²) in [6.07, 6.45) is 6.99. The molecule has 0 radical (unpaired) electrons. The Kier molecular flexibility index (Phi) is 5.44.